The van der Waals surface area contributed by atoms with Gasteiger partial charge in [0.25, 0.3) is 0 Å². The molecule has 0 aliphatic rings. The summed E-state index contributed by atoms with van der Waals surface area (Å²) >= 11 is 0. The first kappa shape index (κ1) is 14.8. The van der Waals surface area contributed by atoms with E-state index < -0.39 is 11.6 Å². The number of hydrogen-bond donors (Lipinski definition) is 0. The third kappa shape index (κ3) is 3.55. The molecule has 0 bridgehead atoms. The molecule has 0 N–H and O–H groups in total. The second-order valence-corrected chi connectivity index (χ2v) is 5.07. The molecule has 3 aromatic rings. The van der Waals surface area contributed by atoms with E-state index in [1.54, 1.807) is 18.2 Å². The van der Waals surface area contributed by atoms with Crippen LogP contribution >= 0.6 is 0 Å². The van der Waals surface area contributed by atoms with Crippen LogP contribution in [0.5, 0.6) is 5.75 Å². The molecule has 0 aliphatic carbocycles. The Morgan fingerprint density at radius 3 is 2.65 bits per heavy atom. The first-order valence-electron chi connectivity index (χ1n) is 7.11. The summed E-state index contributed by atoms with van der Waals surface area (Å²) in [7, 11) is 0. The molecule has 23 heavy (non-hydrogen) atoms. The van der Waals surface area contributed by atoms with Crippen LogP contribution in [0.3, 0.4) is 0 Å². The molecule has 0 saturated carbocycles. The monoisotopic (exact) mass is 306 g/mol. The number of benzene rings is 2. The first-order chi connectivity index (χ1) is 11.1. The van der Waals surface area contributed by atoms with Crippen molar-refractivity contribution in [1.29, 1.82) is 0 Å². The van der Waals surface area contributed by atoms with Crippen LogP contribution in [0, 0.1) is 6.92 Å². The maximum absolute atomic E-state index is 11.9. The smallest absolute Gasteiger partial charge is 0.336 e. The summed E-state index contributed by atoms with van der Waals surface area (Å²) in [6.07, 6.45) is 3.03. The molecule has 1 heterocycles. The number of carbonyl (C=O) groups excluding carboxylic acids is 1. The summed E-state index contributed by atoms with van der Waals surface area (Å²) in [6, 6.07) is 15.8. The van der Waals surface area contributed by atoms with Gasteiger partial charge in [-0.25, -0.2) is 9.59 Å². The number of carbonyl (C=O) groups is 1. The number of esters is 1. The van der Waals surface area contributed by atoms with Gasteiger partial charge in [-0.2, -0.15) is 0 Å². The highest BCUT2D eigenvalue weighted by Crippen LogP contribution is 2.22. The highest BCUT2D eigenvalue weighted by molar-refractivity contribution is 5.89. The Morgan fingerprint density at radius 1 is 1.09 bits per heavy atom. The summed E-state index contributed by atoms with van der Waals surface area (Å²) in [5, 5.41) is 0.809. The van der Waals surface area contributed by atoms with Gasteiger partial charge in [-0.3, -0.25) is 0 Å². The Morgan fingerprint density at radius 2 is 1.87 bits per heavy atom. The third-order valence-electron chi connectivity index (χ3n) is 3.35. The molecule has 2 aromatic carbocycles. The second kappa shape index (κ2) is 6.32. The lowest BCUT2D eigenvalue weighted by molar-refractivity contribution is -0.128. The van der Waals surface area contributed by atoms with Crippen molar-refractivity contribution in [3.8, 4) is 5.75 Å². The van der Waals surface area contributed by atoms with Crippen molar-refractivity contribution >= 4 is 23.0 Å². The molecule has 0 radical (unpaired) electrons. The van der Waals surface area contributed by atoms with Gasteiger partial charge in [0.05, 0.1) is 0 Å². The van der Waals surface area contributed by atoms with Gasteiger partial charge in [0.2, 0.25) is 0 Å². The van der Waals surface area contributed by atoms with E-state index in [9.17, 15) is 9.59 Å². The van der Waals surface area contributed by atoms with Crippen LogP contribution < -0.4 is 10.4 Å². The zero-order valence-corrected chi connectivity index (χ0v) is 12.5. The van der Waals surface area contributed by atoms with E-state index in [-0.39, 0.29) is 0 Å². The van der Waals surface area contributed by atoms with E-state index in [2.05, 4.69) is 0 Å². The molecule has 1 aromatic heterocycles. The molecular weight excluding hydrogens is 292 g/mol. The first-order valence-corrected chi connectivity index (χ1v) is 7.11. The summed E-state index contributed by atoms with van der Waals surface area (Å²) in [6.45, 7) is 1.83. The highest BCUT2D eigenvalue weighted by atomic mass is 16.5. The minimum absolute atomic E-state index is 0.328. The maximum Gasteiger partial charge on any atom is 0.336 e. The van der Waals surface area contributed by atoms with E-state index in [1.165, 1.54) is 18.2 Å². The van der Waals surface area contributed by atoms with Crippen molar-refractivity contribution in [3.63, 3.8) is 0 Å². The van der Waals surface area contributed by atoms with Gasteiger partial charge in [-0.05, 0) is 36.3 Å². The van der Waals surface area contributed by atoms with Gasteiger partial charge in [0, 0.05) is 23.6 Å². The fraction of sp³-hybridized carbons (Fsp3) is 0.0526. The maximum atomic E-state index is 11.9. The van der Waals surface area contributed by atoms with Crippen LogP contribution in [-0.2, 0) is 4.79 Å². The normalized spacial score (nSPS) is 11.0. The second-order valence-electron chi connectivity index (χ2n) is 5.07. The standard InChI is InChI=1S/C19H14O4/c1-13-11-19(21)23-17-12-15(8-9-16(13)17)22-18(20)10-7-14-5-3-2-4-6-14/h2-12H,1H3. The van der Waals surface area contributed by atoms with Crippen molar-refractivity contribution < 1.29 is 13.9 Å². The Balaban J connectivity index is 1.80. The zero-order chi connectivity index (χ0) is 16.2. The average Bonchev–Trinajstić information content (AvgIpc) is 2.53. The molecular formula is C19H14O4. The van der Waals surface area contributed by atoms with Gasteiger partial charge in [0.15, 0.2) is 0 Å². The van der Waals surface area contributed by atoms with Crippen LogP contribution in [0.1, 0.15) is 11.1 Å². The van der Waals surface area contributed by atoms with Crippen LogP contribution in [-0.4, -0.2) is 5.97 Å². The largest absolute Gasteiger partial charge is 0.423 e. The zero-order valence-electron chi connectivity index (χ0n) is 12.5. The molecule has 0 atom stereocenters. The third-order valence-corrected chi connectivity index (χ3v) is 3.35. The number of rotatable bonds is 3. The lowest BCUT2D eigenvalue weighted by Crippen LogP contribution is -2.04. The molecule has 114 valence electrons. The molecule has 0 unspecified atom stereocenters. The van der Waals surface area contributed by atoms with Crippen molar-refractivity contribution in [2.45, 2.75) is 6.92 Å². The summed E-state index contributed by atoms with van der Waals surface area (Å²) in [5.74, 6) is -0.169. The van der Waals surface area contributed by atoms with Gasteiger partial charge in [-0.15, -0.1) is 0 Å². The minimum atomic E-state index is -0.497. The summed E-state index contributed by atoms with van der Waals surface area (Å²) in [5.41, 5.74) is 1.69. The van der Waals surface area contributed by atoms with Gasteiger partial charge in [0.1, 0.15) is 11.3 Å². The number of ether oxygens (including phenoxy) is 1. The molecule has 3 rings (SSSR count). The van der Waals surface area contributed by atoms with Crippen molar-refractivity contribution in [2.24, 2.45) is 0 Å². The summed E-state index contributed by atoms with van der Waals surface area (Å²) < 4.78 is 10.4. The van der Waals surface area contributed by atoms with Crippen LogP contribution in [0.2, 0.25) is 0 Å². The molecule has 0 saturated heterocycles. The van der Waals surface area contributed by atoms with E-state index in [0.717, 1.165) is 16.5 Å². The molecule has 4 heteroatoms. The Kier molecular flexibility index (Phi) is 4.06. The quantitative estimate of drug-likeness (QED) is 0.320. The number of fused-ring (bicyclic) bond motifs is 1. The molecule has 0 fully saturated rings. The Bertz CT molecular complexity index is 936. The SMILES string of the molecule is Cc1cc(=O)oc2cc(OC(=O)C=Cc3ccccc3)ccc12. The van der Waals surface area contributed by atoms with Crippen LogP contribution in [0.4, 0.5) is 0 Å². The lowest BCUT2D eigenvalue weighted by atomic mass is 10.1. The lowest BCUT2D eigenvalue weighted by Gasteiger charge is -2.04. The van der Waals surface area contributed by atoms with Crippen LogP contribution in [0.25, 0.3) is 17.0 Å². The Labute approximate surface area is 132 Å². The topological polar surface area (TPSA) is 56.5 Å². The van der Waals surface area contributed by atoms with E-state index in [1.807, 2.05) is 37.3 Å². The Hall–Kier alpha value is -3.14. The fourth-order valence-electron chi connectivity index (χ4n) is 2.25. The number of aryl methyl sites for hydroxylation is 1. The van der Waals surface area contributed by atoms with E-state index in [0.29, 0.717) is 11.3 Å². The van der Waals surface area contributed by atoms with Gasteiger partial charge in [-0.1, -0.05) is 30.3 Å². The van der Waals surface area contributed by atoms with Crippen molar-refractivity contribution in [3.05, 3.63) is 82.2 Å². The predicted molar refractivity (Wildman–Crippen MR) is 88.3 cm³/mol. The fourth-order valence-corrected chi connectivity index (χ4v) is 2.25. The van der Waals surface area contributed by atoms with Crippen LogP contribution in [0.15, 0.2) is 69.9 Å². The van der Waals surface area contributed by atoms with Gasteiger partial charge < -0.3 is 9.15 Å². The molecule has 4 nitrogen and oxygen atoms in total. The number of hydrogen-bond acceptors (Lipinski definition) is 4. The summed E-state index contributed by atoms with van der Waals surface area (Å²) in [4.78, 5) is 23.3. The molecule has 0 spiro atoms. The van der Waals surface area contributed by atoms with Crippen molar-refractivity contribution in [1.82, 2.24) is 0 Å². The van der Waals surface area contributed by atoms with Crippen molar-refractivity contribution in [2.75, 3.05) is 0 Å². The van der Waals surface area contributed by atoms with Gasteiger partial charge >= 0.3 is 11.6 Å². The van der Waals surface area contributed by atoms with E-state index in [4.69, 9.17) is 9.15 Å². The predicted octanol–water partition coefficient (Wildman–Crippen LogP) is 3.72. The minimum Gasteiger partial charge on any atom is -0.423 e. The molecule has 0 aliphatic heterocycles. The average molecular weight is 306 g/mol. The molecule has 0 amide bonds. The van der Waals surface area contributed by atoms with E-state index >= 15 is 0 Å². The highest BCUT2D eigenvalue weighted by Gasteiger charge is 2.06.